The molecule has 9 heteroatoms. The van der Waals surface area contributed by atoms with Crippen molar-refractivity contribution in [3.05, 3.63) is 58.6 Å². The number of hydrogen-bond acceptors (Lipinski definition) is 6. The standard InChI is InChI=1S/C21H24N6O2S/c28-19(22-11-10-18-26-25-17-9-5-2-6-12-27(17)18)13-16-14-30-21(23-16)24-20(29)15-7-3-1-4-8-15/h1,3-4,7-8,14H,2,5-6,9-13H2,(H,22,28)(H,23,24,29). The van der Waals surface area contributed by atoms with Crippen molar-refractivity contribution in [2.24, 2.45) is 0 Å². The first-order valence-electron chi connectivity index (χ1n) is 10.2. The normalized spacial score (nSPS) is 13.3. The Labute approximate surface area is 178 Å². The van der Waals surface area contributed by atoms with E-state index in [0.29, 0.717) is 29.4 Å². The average molecular weight is 425 g/mol. The molecule has 0 radical (unpaired) electrons. The Hall–Kier alpha value is -3.07. The summed E-state index contributed by atoms with van der Waals surface area (Å²) in [6.45, 7) is 1.47. The molecular weight excluding hydrogens is 400 g/mol. The minimum atomic E-state index is -0.214. The maximum absolute atomic E-state index is 12.3. The van der Waals surface area contributed by atoms with Gasteiger partial charge in [-0.15, -0.1) is 21.5 Å². The van der Waals surface area contributed by atoms with Gasteiger partial charge in [0.25, 0.3) is 5.91 Å². The van der Waals surface area contributed by atoms with Crippen LogP contribution in [0.3, 0.4) is 0 Å². The summed E-state index contributed by atoms with van der Waals surface area (Å²) in [5.41, 5.74) is 1.20. The minimum absolute atomic E-state index is 0.100. The van der Waals surface area contributed by atoms with Gasteiger partial charge in [-0.1, -0.05) is 24.6 Å². The van der Waals surface area contributed by atoms with Crippen LogP contribution in [0.25, 0.3) is 0 Å². The lowest BCUT2D eigenvalue weighted by Crippen LogP contribution is -2.28. The molecule has 0 unspecified atom stereocenters. The summed E-state index contributed by atoms with van der Waals surface area (Å²) >= 11 is 1.31. The first-order chi connectivity index (χ1) is 14.7. The van der Waals surface area contributed by atoms with Crippen LogP contribution in [0.5, 0.6) is 0 Å². The van der Waals surface area contributed by atoms with Crippen LogP contribution in [0, 0.1) is 0 Å². The number of nitrogens with zero attached hydrogens (tertiary/aromatic N) is 4. The smallest absolute Gasteiger partial charge is 0.257 e. The SMILES string of the molecule is O=C(Cc1csc(NC(=O)c2ccccc2)n1)NCCc1nnc2n1CCCCC2. The number of hydrogen-bond donors (Lipinski definition) is 2. The molecule has 0 aliphatic carbocycles. The number of amides is 2. The molecule has 1 aliphatic heterocycles. The molecule has 2 amide bonds. The second kappa shape index (κ2) is 9.62. The molecule has 2 aromatic heterocycles. The molecule has 0 spiro atoms. The molecule has 0 bridgehead atoms. The number of nitrogens with one attached hydrogen (secondary N) is 2. The van der Waals surface area contributed by atoms with E-state index >= 15 is 0 Å². The molecule has 1 aliphatic rings. The molecule has 30 heavy (non-hydrogen) atoms. The number of aromatic nitrogens is 4. The predicted molar refractivity (Wildman–Crippen MR) is 115 cm³/mol. The van der Waals surface area contributed by atoms with Gasteiger partial charge < -0.3 is 9.88 Å². The number of benzene rings is 1. The largest absolute Gasteiger partial charge is 0.355 e. The van der Waals surface area contributed by atoms with Crippen molar-refractivity contribution in [3.8, 4) is 0 Å². The van der Waals surface area contributed by atoms with Gasteiger partial charge in [0.15, 0.2) is 5.13 Å². The highest BCUT2D eigenvalue weighted by molar-refractivity contribution is 7.14. The minimum Gasteiger partial charge on any atom is -0.355 e. The molecule has 3 aromatic rings. The molecule has 1 aromatic carbocycles. The molecule has 0 fully saturated rings. The van der Waals surface area contributed by atoms with E-state index in [4.69, 9.17) is 0 Å². The van der Waals surface area contributed by atoms with Crippen molar-refractivity contribution < 1.29 is 9.59 Å². The van der Waals surface area contributed by atoms with Gasteiger partial charge in [0.05, 0.1) is 12.1 Å². The Balaban J connectivity index is 1.24. The van der Waals surface area contributed by atoms with E-state index in [1.807, 2.05) is 18.2 Å². The first kappa shape index (κ1) is 20.2. The summed E-state index contributed by atoms with van der Waals surface area (Å²) in [4.78, 5) is 28.8. The van der Waals surface area contributed by atoms with Gasteiger partial charge in [-0.2, -0.15) is 0 Å². The Morgan fingerprint density at radius 1 is 1.10 bits per heavy atom. The maximum atomic E-state index is 12.3. The summed E-state index contributed by atoms with van der Waals surface area (Å²) in [6, 6.07) is 8.96. The highest BCUT2D eigenvalue weighted by Crippen LogP contribution is 2.17. The number of carbonyl (C=O) groups excluding carboxylic acids is 2. The van der Waals surface area contributed by atoms with E-state index in [0.717, 1.165) is 37.5 Å². The number of anilines is 1. The number of aryl methyl sites for hydroxylation is 1. The number of thiazole rings is 1. The molecule has 8 nitrogen and oxygen atoms in total. The van der Waals surface area contributed by atoms with Crippen LogP contribution in [0.4, 0.5) is 5.13 Å². The summed E-state index contributed by atoms with van der Waals surface area (Å²) in [5, 5.41) is 16.5. The average Bonchev–Trinajstić information content (AvgIpc) is 3.27. The van der Waals surface area contributed by atoms with E-state index in [1.54, 1.807) is 17.5 Å². The van der Waals surface area contributed by atoms with Crippen LogP contribution in [-0.4, -0.2) is 38.1 Å². The molecule has 156 valence electrons. The fraction of sp³-hybridized carbons (Fsp3) is 0.381. The zero-order valence-corrected chi connectivity index (χ0v) is 17.5. The Morgan fingerprint density at radius 2 is 1.97 bits per heavy atom. The van der Waals surface area contributed by atoms with Gasteiger partial charge in [-0.25, -0.2) is 4.98 Å². The van der Waals surface area contributed by atoms with E-state index in [2.05, 4.69) is 30.4 Å². The van der Waals surface area contributed by atoms with Gasteiger partial charge in [0, 0.05) is 36.9 Å². The Kier molecular flexibility index (Phi) is 6.48. The predicted octanol–water partition coefficient (Wildman–Crippen LogP) is 2.61. The third kappa shape index (κ3) is 5.10. The monoisotopic (exact) mass is 424 g/mol. The molecule has 3 heterocycles. The number of carbonyl (C=O) groups is 2. The quantitative estimate of drug-likeness (QED) is 0.607. The van der Waals surface area contributed by atoms with E-state index in [-0.39, 0.29) is 18.2 Å². The zero-order chi connectivity index (χ0) is 20.8. The van der Waals surface area contributed by atoms with Gasteiger partial charge in [-0.3, -0.25) is 14.9 Å². The zero-order valence-electron chi connectivity index (χ0n) is 16.6. The van der Waals surface area contributed by atoms with Crippen LogP contribution in [0.2, 0.25) is 0 Å². The topological polar surface area (TPSA) is 102 Å². The van der Waals surface area contributed by atoms with E-state index in [9.17, 15) is 9.59 Å². The molecule has 0 saturated carbocycles. The third-order valence-corrected chi connectivity index (χ3v) is 5.81. The number of fused-ring (bicyclic) bond motifs is 1. The van der Waals surface area contributed by atoms with Crippen molar-refractivity contribution in [1.82, 2.24) is 25.1 Å². The second-order valence-corrected chi connectivity index (χ2v) is 8.09. The van der Waals surface area contributed by atoms with Gasteiger partial charge in [-0.05, 0) is 25.0 Å². The summed E-state index contributed by atoms with van der Waals surface area (Å²) in [7, 11) is 0. The lowest BCUT2D eigenvalue weighted by atomic mass is 10.2. The van der Waals surface area contributed by atoms with Crippen molar-refractivity contribution in [2.75, 3.05) is 11.9 Å². The summed E-state index contributed by atoms with van der Waals surface area (Å²) in [5.74, 6) is 1.68. The van der Waals surface area contributed by atoms with Crippen molar-refractivity contribution >= 4 is 28.3 Å². The van der Waals surface area contributed by atoms with E-state index in [1.165, 1.54) is 17.8 Å². The third-order valence-electron chi connectivity index (χ3n) is 5.01. The van der Waals surface area contributed by atoms with Gasteiger partial charge in [0.1, 0.15) is 11.6 Å². The van der Waals surface area contributed by atoms with E-state index < -0.39 is 0 Å². The van der Waals surface area contributed by atoms with Crippen LogP contribution in [0.1, 0.15) is 47.0 Å². The summed E-state index contributed by atoms with van der Waals surface area (Å²) < 4.78 is 2.20. The highest BCUT2D eigenvalue weighted by atomic mass is 32.1. The van der Waals surface area contributed by atoms with Crippen LogP contribution in [-0.2, 0) is 30.6 Å². The molecule has 4 rings (SSSR count). The highest BCUT2D eigenvalue weighted by Gasteiger charge is 2.15. The molecule has 2 N–H and O–H groups in total. The second-order valence-electron chi connectivity index (χ2n) is 7.24. The molecule has 0 saturated heterocycles. The van der Waals surface area contributed by atoms with Gasteiger partial charge in [0.2, 0.25) is 5.91 Å². The fourth-order valence-corrected chi connectivity index (χ4v) is 4.18. The lowest BCUT2D eigenvalue weighted by molar-refractivity contribution is -0.120. The van der Waals surface area contributed by atoms with Crippen molar-refractivity contribution in [3.63, 3.8) is 0 Å². The van der Waals surface area contributed by atoms with Crippen LogP contribution in [0.15, 0.2) is 35.7 Å². The van der Waals surface area contributed by atoms with Crippen molar-refractivity contribution in [1.29, 1.82) is 0 Å². The fourth-order valence-electron chi connectivity index (χ4n) is 3.48. The number of rotatable bonds is 7. The molecule has 0 atom stereocenters. The van der Waals surface area contributed by atoms with Crippen LogP contribution < -0.4 is 10.6 Å². The maximum Gasteiger partial charge on any atom is 0.257 e. The van der Waals surface area contributed by atoms with Crippen molar-refractivity contribution in [2.45, 2.75) is 45.1 Å². The van der Waals surface area contributed by atoms with Crippen LogP contribution >= 0.6 is 11.3 Å². The Bertz CT molecular complexity index is 1010. The lowest BCUT2D eigenvalue weighted by Gasteiger charge is -2.07. The summed E-state index contributed by atoms with van der Waals surface area (Å²) in [6.07, 6.45) is 5.35. The first-order valence-corrected chi connectivity index (χ1v) is 11.1. The Morgan fingerprint density at radius 3 is 2.83 bits per heavy atom. The van der Waals surface area contributed by atoms with Gasteiger partial charge >= 0.3 is 0 Å². The molecular formula is C21H24N6O2S.